The van der Waals surface area contributed by atoms with E-state index in [1.165, 1.54) is 0 Å². The highest BCUT2D eigenvalue weighted by atomic mass is 127. The first-order chi connectivity index (χ1) is 9.11. The van der Waals surface area contributed by atoms with Gasteiger partial charge in [-0.3, -0.25) is 0 Å². The first-order valence-corrected chi connectivity index (χ1v) is 8.46. The molecule has 96 valence electrons. The summed E-state index contributed by atoms with van der Waals surface area (Å²) in [6.07, 6.45) is 0. The van der Waals surface area contributed by atoms with Gasteiger partial charge < -0.3 is 5.32 Å². The van der Waals surface area contributed by atoms with Gasteiger partial charge in [-0.2, -0.15) is 0 Å². The van der Waals surface area contributed by atoms with Crippen molar-refractivity contribution < 1.29 is 0 Å². The fourth-order valence-corrected chi connectivity index (χ4v) is 3.77. The second-order valence-electron chi connectivity index (χ2n) is 3.88. The molecule has 0 saturated heterocycles. The summed E-state index contributed by atoms with van der Waals surface area (Å²) in [6.45, 7) is 0. The van der Waals surface area contributed by atoms with Gasteiger partial charge in [0.2, 0.25) is 0 Å². The Morgan fingerprint density at radius 2 is 2.05 bits per heavy atom. The molecule has 6 heteroatoms. The van der Waals surface area contributed by atoms with Crippen LogP contribution in [-0.4, -0.2) is 4.98 Å². The van der Waals surface area contributed by atoms with Crippen molar-refractivity contribution in [3.63, 3.8) is 0 Å². The van der Waals surface area contributed by atoms with Crippen LogP contribution in [0.25, 0.3) is 10.2 Å². The number of hydrogen-bond donors (Lipinski definition) is 1. The van der Waals surface area contributed by atoms with E-state index in [1.807, 2.05) is 30.3 Å². The van der Waals surface area contributed by atoms with Gasteiger partial charge in [-0.1, -0.05) is 38.9 Å². The number of aromatic nitrogens is 1. The summed E-state index contributed by atoms with van der Waals surface area (Å²) in [7, 11) is 0. The largest absolute Gasteiger partial charge is 0.330 e. The van der Waals surface area contributed by atoms with Crippen LogP contribution in [0.5, 0.6) is 0 Å². The molecule has 2 aromatic carbocycles. The van der Waals surface area contributed by atoms with Crippen molar-refractivity contribution in [3.05, 3.63) is 49.5 Å². The van der Waals surface area contributed by atoms with Crippen LogP contribution < -0.4 is 5.32 Å². The maximum atomic E-state index is 6.21. The molecule has 0 amide bonds. The van der Waals surface area contributed by atoms with Gasteiger partial charge >= 0.3 is 0 Å². The minimum atomic E-state index is 0.701. The highest BCUT2D eigenvalue weighted by Gasteiger charge is 2.07. The molecule has 1 heterocycles. The average molecular weight is 466 g/mol. The summed E-state index contributed by atoms with van der Waals surface area (Å²) in [5.74, 6) is 0. The molecule has 0 radical (unpaired) electrons. The maximum absolute atomic E-state index is 6.21. The first-order valence-electron chi connectivity index (χ1n) is 5.40. The number of rotatable bonds is 2. The van der Waals surface area contributed by atoms with Crippen LogP contribution in [0.1, 0.15) is 0 Å². The molecular weight excluding hydrogens is 458 g/mol. The first kappa shape index (κ1) is 13.6. The van der Waals surface area contributed by atoms with E-state index in [1.54, 1.807) is 11.3 Å². The van der Waals surface area contributed by atoms with Crippen LogP contribution in [0, 0.1) is 3.57 Å². The number of fused-ring (bicyclic) bond motifs is 1. The molecule has 1 N–H and O–H groups in total. The number of halogens is 3. The lowest BCUT2D eigenvalue weighted by Crippen LogP contribution is -1.90. The number of benzene rings is 2. The van der Waals surface area contributed by atoms with Crippen molar-refractivity contribution >= 4 is 82.5 Å². The molecule has 2 nitrogen and oxygen atoms in total. The van der Waals surface area contributed by atoms with Gasteiger partial charge in [-0.15, -0.1) is 0 Å². The van der Waals surface area contributed by atoms with Gasteiger partial charge in [0.25, 0.3) is 0 Å². The molecule has 0 aliphatic heterocycles. The molecule has 0 aliphatic rings. The van der Waals surface area contributed by atoms with E-state index in [2.05, 4.69) is 54.9 Å². The monoisotopic (exact) mass is 464 g/mol. The summed E-state index contributed by atoms with van der Waals surface area (Å²) < 4.78 is 3.29. The second kappa shape index (κ2) is 5.55. The molecule has 0 aliphatic carbocycles. The predicted molar refractivity (Wildman–Crippen MR) is 94.8 cm³/mol. The van der Waals surface area contributed by atoms with Crippen molar-refractivity contribution in [1.29, 1.82) is 0 Å². The van der Waals surface area contributed by atoms with Crippen molar-refractivity contribution in [2.75, 3.05) is 5.32 Å². The molecule has 3 rings (SSSR count). The molecule has 0 atom stereocenters. The molecule has 0 unspecified atom stereocenters. The zero-order chi connectivity index (χ0) is 13.4. The van der Waals surface area contributed by atoms with Crippen LogP contribution in [0.4, 0.5) is 10.8 Å². The lowest BCUT2D eigenvalue weighted by atomic mass is 10.3. The van der Waals surface area contributed by atoms with Gasteiger partial charge in [-0.25, -0.2) is 4.98 Å². The van der Waals surface area contributed by atoms with Crippen molar-refractivity contribution in [3.8, 4) is 0 Å². The Labute approximate surface area is 141 Å². The summed E-state index contributed by atoms with van der Waals surface area (Å²) >= 11 is 13.5. The van der Waals surface area contributed by atoms with E-state index in [0.717, 1.165) is 29.1 Å². The van der Waals surface area contributed by atoms with Crippen LogP contribution in [-0.2, 0) is 0 Å². The van der Waals surface area contributed by atoms with Crippen LogP contribution >= 0.6 is 61.5 Å². The Bertz CT molecular complexity index is 759. The summed E-state index contributed by atoms with van der Waals surface area (Å²) in [5.41, 5.74) is 1.85. The molecular formula is C13H7BrClIN2S. The third-order valence-electron chi connectivity index (χ3n) is 2.52. The highest BCUT2D eigenvalue weighted by molar-refractivity contribution is 14.1. The van der Waals surface area contributed by atoms with E-state index in [0.29, 0.717) is 5.02 Å². The fourth-order valence-electron chi connectivity index (χ4n) is 1.66. The summed E-state index contributed by atoms with van der Waals surface area (Å²) in [5, 5.41) is 4.81. The van der Waals surface area contributed by atoms with Crippen molar-refractivity contribution in [2.45, 2.75) is 0 Å². The lowest BCUT2D eigenvalue weighted by Gasteiger charge is -2.04. The van der Waals surface area contributed by atoms with Gasteiger partial charge in [0.15, 0.2) is 5.13 Å². The Hall–Kier alpha value is -0.370. The van der Waals surface area contributed by atoms with Crippen LogP contribution in [0.15, 0.2) is 40.9 Å². The Kier molecular flexibility index (Phi) is 3.98. The van der Waals surface area contributed by atoms with E-state index < -0.39 is 0 Å². The number of hydrogen-bond acceptors (Lipinski definition) is 3. The number of thiazole rings is 1. The third-order valence-corrected chi connectivity index (χ3v) is 4.95. The Morgan fingerprint density at radius 3 is 2.84 bits per heavy atom. The van der Waals surface area contributed by atoms with Crippen molar-refractivity contribution in [2.24, 2.45) is 0 Å². The summed E-state index contributed by atoms with van der Waals surface area (Å²) in [4.78, 5) is 4.55. The minimum Gasteiger partial charge on any atom is -0.330 e. The van der Waals surface area contributed by atoms with Gasteiger partial charge in [-0.05, 0) is 59.0 Å². The van der Waals surface area contributed by atoms with E-state index in [-0.39, 0.29) is 0 Å². The number of nitrogens with zero attached hydrogens (tertiary/aromatic N) is 1. The molecule has 1 aromatic heterocycles. The van der Waals surface area contributed by atoms with Crippen molar-refractivity contribution in [1.82, 2.24) is 4.98 Å². The molecule has 3 aromatic rings. The van der Waals surface area contributed by atoms with Crippen LogP contribution in [0.2, 0.25) is 5.02 Å². The average Bonchev–Trinajstić information content (AvgIpc) is 2.74. The van der Waals surface area contributed by atoms with Gasteiger partial charge in [0.1, 0.15) is 0 Å². The van der Waals surface area contributed by atoms with E-state index >= 15 is 0 Å². The Balaban J connectivity index is 1.96. The lowest BCUT2D eigenvalue weighted by molar-refractivity contribution is 1.44. The molecule has 0 bridgehead atoms. The third kappa shape index (κ3) is 3.04. The van der Waals surface area contributed by atoms with Gasteiger partial charge in [0.05, 0.1) is 20.9 Å². The molecule has 0 spiro atoms. The zero-order valence-corrected chi connectivity index (χ0v) is 14.8. The van der Waals surface area contributed by atoms with Crippen LogP contribution in [0.3, 0.4) is 0 Å². The second-order valence-corrected chi connectivity index (χ2v) is 7.48. The van der Waals surface area contributed by atoms with Gasteiger partial charge in [0, 0.05) is 8.04 Å². The smallest absolute Gasteiger partial charge is 0.188 e. The number of anilines is 2. The topological polar surface area (TPSA) is 24.9 Å². The van der Waals surface area contributed by atoms with E-state index in [4.69, 9.17) is 11.6 Å². The fraction of sp³-hybridized carbons (Fsp3) is 0. The predicted octanol–water partition coefficient (Wildman–Crippen LogP) is 6.06. The highest BCUT2D eigenvalue weighted by Crippen LogP contribution is 2.32. The molecule has 0 fully saturated rings. The zero-order valence-electron chi connectivity index (χ0n) is 9.45. The quantitative estimate of drug-likeness (QED) is 0.466. The number of nitrogens with one attached hydrogen (secondary N) is 1. The molecule has 19 heavy (non-hydrogen) atoms. The molecule has 0 saturated carbocycles. The minimum absolute atomic E-state index is 0.701. The maximum Gasteiger partial charge on any atom is 0.188 e. The normalized spacial score (nSPS) is 10.9. The standard InChI is InChI=1S/C13H7BrClIN2S/c14-7-1-4-12-11(5-7)18-13(19-12)17-10-3-2-8(16)6-9(10)15/h1-6H,(H,17,18). The SMILES string of the molecule is Clc1cc(I)ccc1Nc1nc2cc(Br)ccc2s1. The Morgan fingerprint density at radius 1 is 1.21 bits per heavy atom. The summed E-state index contributed by atoms with van der Waals surface area (Å²) in [6, 6.07) is 12.0. The van der Waals surface area contributed by atoms with E-state index in [9.17, 15) is 0 Å².